The predicted molar refractivity (Wildman–Crippen MR) is 355 cm³/mol. The maximum absolute atomic E-state index is 15.2. The molecule has 12 bridgehead atoms. The van der Waals surface area contributed by atoms with Crippen LogP contribution >= 0.6 is 56.7 Å². The molecular weight excluding hydrogens is 1360 g/mol. The van der Waals surface area contributed by atoms with Crippen LogP contribution in [0.3, 0.4) is 0 Å². The number of hydrogen-bond donors (Lipinski definition) is 9. The van der Waals surface area contributed by atoms with Gasteiger partial charge < -0.3 is 85.3 Å². The van der Waals surface area contributed by atoms with Gasteiger partial charge in [-0.15, -0.1) is 56.7 Å². The molecule has 7 aromatic heterocycles. The first-order valence-electron chi connectivity index (χ1n) is 30.4. The highest BCUT2D eigenvalue weighted by Crippen LogP contribution is 2.43. The minimum absolute atomic E-state index is 0.0133. The van der Waals surface area contributed by atoms with Crippen LogP contribution < -0.4 is 26.6 Å². The summed E-state index contributed by atoms with van der Waals surface area (Å²) in [6.45, 7) is 6.35. The molecular formula is C62H68N14O16S5. The average molecular weight is 1430 g/mol. The van der Waals surface area contributed by atoms with Gasteiger partial charge in [-0.25, -0.2) is 39.5 Å². The number of aliphatic hydroxyl groups is 2. The van der Waals surface area contributed by atoms with Crippen LogP contribution in [0.25, 0.3) is 49.3 Å². The smallest absolute Gasteiger partial charge is 0.358 e. The molecule has 35 heteroatoms. The summed E-state index contributed by atoms with van der Waals surface area (Å²) < 4.78 is 38.4. The molecule has 30 nitrogen and oxygen atoms in total. The van der Waals surface area contributed by atoms with E-state index in [-0.39, 0.29) is 99.9 Å². The molecule has 4 amide bonds. The Morgan fingerprint density at radius 1 is 0.835 bits per heavy atom. The third-order valence-electron chi connectivity index (χ3n) is 16.6. The number of carbonyl (C=O) groups excluding carboxylic acids is 6. The van der Waals surface area contributed by atoms with Gasteiger partial charge in [-0.05, 0) is 73.6 Å². The van der Waals surface area contributed by atoms with Gasteiger partial charge in [0.05, 0.1) is 48.8 Å². The van der Waals surface area contributed by atoms with Gasteiger partial charge in [-0.3, -0.25) is 19.2 Å². The zero-order valence-corrected chi connectivity index (χ0v) is 57.7. The van der Waals surface area contributed by atoms with Gasteiger partial charge in [0, 0.05) is 69.5 Å². The molecule has 8 aromatic rings. The zero-order chi connectivity index (χ0) is 68.9. The summed E-state index contributed by atoms with van der Waals surface area (Å²) in [6, 6.07) is 1.06. The van der Waals surface area contributed by atoms with Gasteiger partial charge in [0.2, 0.25) is 5.91 Å². The van der Waals surface area contributed by atoms with Gasteiger partial charge in [0.25, 0.3) is 17.7 Å². The number of carbonyl (C=O) groups is 6. The van der Waals surface area contributed by atoms with Crippen molar-refractivity contribution in [3.63, 3.8) is 0 Å². The molecule has 1 fully saturated rings. The lowest BCUT2D eigenvalue weighted by molar-refractivity contribution is -0.280. The van der Waals surface area contributed by atoms with Crippen LogP contribution in [-0.4, -0.2) is 204 Å². The Bertz CT molecular complexity index is 4380. The molecule has 12 rings (SSSR count). The van der Waals surface area contributed by atoms with E-state index in [9.17, 15) is 34.9 Å². The third-order valence-corrected chi connectivity index (χ3v) is 21.1. The molecule has 1 saturated heterocycles. The van der Waals surface area contributed by atoms with E-state index in [0.29, 0.717) is 34.1 Å². The second-order valence-corrected chi connectivity index (χ2v) is 28.5. The molecule has 0 spiro atoms. The average Bonchev–Trinajstić information content (AvgIpc) is 1.60. The number of amides is 4. The number of aromatic nitrogens is 7. The lowest BCUT2D eigenvalue weighted by Gasteiger charge is -2.48. The molecule has 0 unspecified atom stereocenters. The van der Waals surface area contributed by atoms with Crippen LogP contribution in [0.15, 0.2) is 56.9 Å². The molecule has 4 aliphatic heterocycles. The van der Waals surface area contributed by atoms with Crippen molar-refractivity contribution in [2.75, 3.05) is 55.0 Å². The maximum atomic E-state index is 15.2. The number of nitrogens with zero attached hydrogens (tertiary/aromatic N) is 9. The number of fused-ring (bicyclic) bond motifs is 15. The number of thiazole rings is 5. The zero-order valence-electron chi connectivity index (χ0n) is 53.6. The largest absolute Gasteiger partial charge is 0.506 e. The molecule has 512 valence electrons. The maximum Gasteiger partial charge on any atom is 0.358 e. The standard InChI is InChI=1S/C62H68N14O16S5/c1-26(77)42-54(82)72-43(27(2)87-9)57-68-37(25-96-57)53(81)73-46-48-49(92-40-16-62(4,85)50(75(7)8)28(3)91-40)61(84)89-18-29-11-10-12-38-41(29)32(19-88-48)47(76(38)86)60(83)90-20-33(65-51(79)35-24-97-59(46)69-35)56-66-34(22-95-56)44-31(55-67-36(23-94-55)52(80)71-42)15-39(78)45(70-44)58-64-30(21-93-58)17-63-13-14-74(5)6/h10-12,15,21-26,28,33,40,42,46,48-50,63,77-78,85-86H,13-14,16-20H2,1-9H3,(H,65,79)(H,71,80)(H,72,82)(H,73,81)/t26-,28+,33+,40+,42+,46+,48+,49+,50-,62+/m1/s1. The van der Waals surface area contributed by atoms with Crippen LogP contribution in [-0.2, 0) is 57.8 Å². The molecule has 11 heterocycles. The number of likely N-dealkylation sites (N-methyl/N-ethyl adjacent to an activating group) is 2. The quantitative estimate of drug-likeness (QED) is 0.0363. The predicted octanol–water partition coefficient (Wildman–Crippen LogP) is 4.81. The van der Waals surface area contributed by atoms with Crippen LogP contribution in [0.1, 0.15) is 120 Å². The van der Waals surface area contributed by atoms with Crippen molar-refractivity contribution in [3.8, 4) is 38.4 Å². The highest BCUT2D eigenvalue weighted by molar-refractivity contribution is 7.14. The first kappa shape index (κ1) is 68.6. The number of allylic oxidation sites excluding steroid dienone is 1. The summed E-state index contributed by atoms with van der Waals surface area (Å²) in [5.41, 5.74) is -0.926. The van der Waals surface area contributed by atoms with Crippen molar-refractivity contribution in [1.29, 1.82) is 0 Å². The van der Waals surface area contributed by atoms with E-state index in [1.54, 1.807) is 50.4 Å². The Balaban J connectivity index is 1.03. The van der Waals surface area contributed by atoms with Gasteiger partial charge >= 0.3 is 11.9 Å². The second kappa shape index (κ2) is 28.3. The minimum Gasteiger partial charge on any atom is -0.506 e. The summed E-state index contributed by atoms with van der Waals surface area (Å²) in [6.07, 6.45) is -7.38. The summed E-state index contributed by atoms with van der Waals surface area (Å²) >= 11 is 5.06. The van der Waals surface area contributed by atoms with Gasteiger partial charge in [-0.1, -0.05) is 12.1 Å². The Kier molecular flexibility index (Phi) is 20.0. The number of hydrogen-bond acceptors (Lipinski definition) is 30. The van der Waals surface area contributed by atoms with Crippen LogP contribution in [0.2, 0.25) is 0 Å². The van der Waals surface area contributed by atoms with Crippen molar-refractivity contribution < 1.29 is 77.7 Å². The SMILES string of the molecule is COC(C)=C1NC(=O)[C@H]([C@@H](C)O)NC(=O)c2csc(n2)-c2cc(O)c(-c3nc(CNCCN(C)C)cs3)nc2-c2csc(n2)[C@@H]2COC(=O)c3c4c5c(cccc5n3O)COC(=O)[C@@H](O[C@H]3C[C@](C)(O)[C@H](N(C)C)[C@H](C)O3)[C@@H](OC4)[C@H](NC(=O)c3csc1n3)c1nc(cs1)C(=O)N2. The Morgan fingerprint density at radius 3 is 2.25 bits per heavy atom. The second-order valence-electron chi connectivity index (χ2n) is 24.1. The van der Waals surface area contributed by atoms with E-state index in [1.165, 1.54) is 60.6 Å². The summed E-state index contributed by atoms with van der Waals surface area (Å²) in [5, 5.41) is 70.2. The van der Waals surface area contributed by atoms with Crippen LogP contribution in [0, 0.1) is 0 Å². The van der Waals surface area contributed by atoms with E-state index < -0.39 is 122 Å². The summed E-state index contributed by atoms with van der Waals surface area (Å²) in [5.74, 6) is -5.91. The number of rotatable bonds is 11. The molecule has 4 aliphatic rings. The topological polar surface area (TPSA) is 388 Å². The number of aromatic hydroxyl groups is 1. The Morgan fingerprint density at radius 2 is 1.52 bits per heavy atom. The number of nitrogens with one attached hydrogen (secondary N) is 5. The van der Waals surface area contributed by atoms with E-state index in [2.05, 4.69) is 36.6 Å². The minimum atomic E-state index is -1.89. The fourth-order valence-electron chi connectivity index (χ4n) is 12.0. The third kappa shape index (κ3) is 14.1. The Hall–Kier alpha value is -8.30. The van der Waals surface area contributed by atoms with Crippen LogP contribution in [0.5, 0.6) is 5.75 Å². The van der Waals surface area contributed by atoms with Crippen molar-refractivity contribution in [3.05, 3.63) is 112 Å². The fourth-order valence-corrected chi connectivity index (χ4v) is 16.2. The lowest BCUT2D eigenvalue weighted by Crippen LogP contribution is -2.62. The molecule has 0 radical (unpaired) electrons. The number of cyclic esters (lactones) is 2. The number of methoxy groups -OCH3 is 1. The summed E-state index contributed by atoms with van der Waals surface area (Å²) in [7, 11) is 8.82. The van der Waals surface area contributed by atoms with E-state index >= 15 is 14.4 Å². The highest BCUT2D eigenvalue weighted by atomic mass is 32.1. The molecule has 1 aromatic carbocycles. The molecule has 9 N–H and O–H groups in total. The molecule has 97 heavy (non-hydrogen) atoms. The normalized spacial score (nSPS) is 24.4. The first-order valence-corrected chi connectivity index (χ1v) is 34.8. The highest BCUT2D eigenvalue weighted by Gasteiger charge is 2.50. The van der Waals surface area contributed by atoms with Crippen molar-refractivity contribution in [2.45, 2.75) is 114 Å². The lowest BCUT2D eigenvalue weighted by atomic mass is 9.85. The van der Waals surface area contributed by atoms with Gasteiger partial charge in [0.15, 0.2) is 18.1 Å². The monoisotopic (exact) mass is 1420 g/mol. The summed E-state index contributed by atoms with van der Waals surface area (Å²) in [4.78, 5) is 122. The van der Waals surface area contributed by atoms with Gasteiger partial charge in [-0.2, -0.15) is 4.73 Å². The van der Waals surface area contributed by atoms with Crippen molar-refractivity contribution in [1.82, 2.24) is 71.0 Å². The number of aliphatic hydroxyl groups excluding tert-OH is 1. The molecule has 10 atom stereocenters. The fraction of sp³-hybridized carbons (Fsp3) is 0.419. The van der Waals surface area contributed by atoms with E-state index in [0.717, 1.165) is 51.9 Å². The molecule has 0 aliphatic carbocycles. The first-order chi connectivity index (χ1) is 46.3. The molecule has 0 saturated carbocycles. The number of ether oxygens (including phenoxy) is 6. The van der Waals surface area contributed by atoms with E-state index in [4.69, 9.17) is 48.4 Å². The van der Waals surface area contributed by atoms with Gasteiger partial charge in [0.1, 0.15) is 114 Å². The van der Waals surface area contributed by atoms with E-state index in [1.807, 2.05) is 24.4 Å². The van der Waals surface area contributed by atoms with Crippen molar-refractivity contribution >= 4 is 109 Å². The number of benzene rings is 1. The van der Waals surface area contributed by atoms with Crippen molar-refractivity contribution in [2.24, 2.45) is 0 Å². The Labute approximate surface area is 573 Å². The van der Waals surface area contributed by atoms with Crippen LogP contribution in [0.4, 0.5) is 0 Å². The number of esters is 2. The number of pyridine rings is 1.